The summed E-state index contributed by atoms with van der Waals surface area (Å²) >= 11 is 1.18. The van der Waals surface area contributed by atoms with Crippen LogP contribution in [0.15, 0.2) is 98.8 Å². The van der Waals surface area contributed by atoms with Gasteiger partial charge in [0, 0.05) is 0 Å². The van der Waals surface area contributed by atoms with E-state index in [-0.39, 0.29) is 11.5 Å². The van der Waals surface area contributed by atoms with Gasteiger partial charge in [-0.3, -0.25) is 19.5 Å². The zero-order valence-electron chi connectivity index (χ0n) is 18.6. The number of benzene rings is 3. The fourth-order valence-corrected chi connectivity index (χ4v) is 4.30. The number of nitrogens with one attached hydrogen (secondary N) is 1. The van der Waals surface area contributed by atoms with Gasteiger partial charge in [-0.2, -0.15) is 5.10 Å². The number of thioether (sulfide) groups is 1. The quantitative estimate of drug-likeness (QED) is 0.264. The van der Waals surface area contributed by atoms with E-state index in [0.717, 1.165) is 11.3 Å². The van der Waals surface area contributed by atoms with Crippen molar-refractivity contribution in [3.63, 3.8) is 0 Å². The number of fused-ring (bicyclic) bond motifs is 1. The van der Waals surface area contributed by atoms with Gasteiger partial charge >= 0.3 is 0 Å². The molecule has 0 saturated carbocycles. The van der Waals surface area contributed by atoms with E-state index >= 15 is 0 Å². The summed E-state index contributed by atoms with van der Waals surface area (Å²) in [6.07, 6.45) is 3.18. The number of para-hydroxylation sites is 2. The van der Waals surface area contributed by atoms with Crippen LogP contribution in [0.25, 0.3) is 22.7 Å². The highest BCUT2D eigenvalue weighted by atomic mass is 32.2. The van der Waals surface area contributed by atoms with Gasteiger partial charge in [0.05, 0.1) is 34.8 Å². The molecule has 5 rings (SSSR count). The molecule has 0 radical (unpaired) electrons. The van der Waals surface area contributed by atoms with E-state index in [4.69, 9.17) is 4.74 Å². The number of hydrogen-bond acceptors (Lipinski definition) is 7. The zero-order chi connectivity index (χ0) is 24.2. The van der Waals surface area contributed by atoms with Crippen LogP contribution >= 0.6 is 11.8 Å². The van der Waals surface area contributed by atoms with Crippen LogP contribution in [0.1, 0.15) is 11.4 Å². The Bertz CT molecular complexity index is 1560. The first kappa shape index (κ1) is 22.3. The lowest BCUT2D eigenvalue weighted by Gasteiger charge is -2.10. The van der Waals surface area contributed by atoms with Gasteiger partial charge in [0.25, 0.3) is 11.5 Å². The average Bonchev–Trinajstić information content (AvgIpc) is 3.23. The largest absolute Gasteiger partial charge is 0.497 e. The second-order valence-corrected chi connectivity index (χ2v) is 8.48. The fourth-order valence-electron chi connectivity index (χ4n) is 3.52. The lowest BCUT2D eigenvalue weighted by Crippen LogP contribution is -2.23. The Balaban J connectivity index is 1.45. The van der Waals surface area contributed by atoms with Crippen LogP contribution in [-0.4, -0.2) is 34.0 Å². The molecule has 1 fully saturated rings. The molecule has 0 spiro atoms. The van der Waals surface area contributed by atoms with E-state index in [0.29, 0.717) is 32.5 Å². The number of hydrogen-bond donors (Lipinski definition) is 1. The number of methoxy groups -OCH3 is 1. The summed E-state index contributed by atoms with van der Waals surface area (Å²) in [6.45, 7) is 0. The molecule has 2 heterocycles. The number of carbonyl (C=O) groups excluding carboxylic acids is 1. The Morgan fingerprint density at radius 1 is 0.971 bits per heavy atom. The Morgan fingerprint density at radius 2 is 1.71 bits per heavy atom. The summed E-state index contributed by atoms with van der Waals surface area (Å²) in [5.41, 5.74) is 1.88. The van der Waals surface area contributed by atoms with Crippen LogP contribution < -0.4 is 15.6 Å². The number of amides is 1. The summed E-state index contributed by atoms with van der Waals surface area (Å²) < 4.78 is 6.65. The van der Waals surface area contributed by atoms with Crippen LogP contribution in [0.5, 0.6) is 5.75 Å². The Labute approximate surface area is 204 Å². The summed E-state index contributed by atoms with van der Waals surface area (Å²) in [5.74, 6) is 0.806. The molecule has 1 aliphatic rings. The zero-order valence-corrected chi connectivity index (χ0v) is 19.4. The lowest BCUT2D eigenvalue weighted by atomic mass is 10.2. The molecule has 1 amide bonds. The summed E-state index contributed by atoms with van der Waals surface area (Å²) in [7, 11) is 1.60. The number of ether oxygens (including phenoxy) is 1. The van der Waals surface area contributed by atoms with Crippen molar-refractivity contribution < 1.29 is 9.53 Å². The Morgan fingerprint density at radius 3 is 2.49 bits per heavy atom. The minimum Gasteiger partial charge on any atom is -0.497 e. The van der Waals surface area contributed by atoms with E-state index < -0.39 is 0 Å². The number of amidine groups is 1. The third-order valence-corrected chi connectivity index (χ3v) is 6.10. The van der Waals surface area contributed by atoms with Gasteiger partial charge < -0.3 is 4.74 Å². The summed E-state index contributed by atoms with van der Waals surface area (Å²) in [5, 5.41) is 11.8. The number of nitrogens with zero attached hydrogens (tertiary/aromatic N) is 4. The predicted molar refractivity (Wildman–Crippen MR) is 139 cm³/mol. The van der Waals surface area contributed by atoms with Gasteiger partial charge in [-0.05, 0) is 59.8 Å². The normalized spacial score (nSPS) is 15.9. The highest BCUT2D eigenvalue weighted by molar-refractivity contribution is 8.18. The van der Waals surface area contributed by atoms with E-state index in [1.165, 1.54) is 22.5 Å². The maximum Gasteiger partial charge on any atom is 0.266 e. The van der Waals surface area contributed by atoms with Crippen molar-refractivity contribution in [2.24, 2.45) is 10.2 Å². The molecular formula is C26H19N5O3S. The molecule has 1 aromatic heterocycles. The highest BCUT2D eigenvalue weighted by Crippen LogP contribution is 2.26. The maximum absolute atomic E-state index is 13.2. The molecule has 4 aromatic rings. The van der Waals surface area contributed by atoms with Crippen LogP contribution in [0, 0.1) is 0 Å². The standard InChI is InChI=1S/C26H19N5O3S/c1-34-19-13-11-17(12-14-19)15-22-24(32)29-26(35-22)30-27-16-23-28-21-10-6-5-9-20(21)25(33)31(23)18-7-3-2-4-8-18/h2-16H,1H3,(H,29,30,32)/b22-15+,27-16+. The third-order valence-electron chi connectivity index (χ3n) is 5.20. The predicted octanol–water partition coefficient (Wildman–Crippen LogP) is 3.99. The third kappa shape index (κ3) is 4.75. The van der Waals surface area contributed by atoms with Gasteiger partial charge in [0.2, 0.25) is 0 Å². The first-order valence-electron chi connectivity index (χ1n) is 10.7. The molecule has 1 aliphatic heterocycles. The van der Waals surface area contributed by atoms with Crippen molar-refractivity contribution in [2.45, 2.75) is 0 Å². The molecule has 0 atom stereocenters. The van der Waals surface area contributed by atoms with Crippen LogP contribution in [0.2, 0.25) is 0 Å². The van der Waals surface area contributed by atoms with Gasteiger partial charge in [0.1, 0.15) is 5.75 Å². The van der Waals surface area contributed by atoms with Crippen LogP contribution in [0.4, 0.5) is 0 Å². The van der Waals surface area contributed by atoms with E-state index in [1.54, 1.807) is 31.4 Å². The number of rotatable bonds is 5. The topological polar surface area (TPSA) is 97.9 Å². The van der Waals surface area contributed by atoms with Crippen molar-refractivity contribution in [1.29, 1.82) is 0 Å². The SMILES string of the molecule is COc1ccc(/C=C2/S/C(=N\N=C\c3nc4ccccc4c(=O)n3-c3ccccc3)NC2=O)cc1. The molecule has 0 unspecified atom stereocenters. The minimum atomic E-state index is -0.259. The van der Waals surface area contributed by atoms with Gasteiger partial charge in [0.15, 0.2) is 11.0 Å². The molecule has 35 heavy (non-hydrogen) atoms. The van der Waals surface area contributed by atoms with Gasteiger partial charge in [-0.15, -0.1) is 5.10 Å². The second-order valence-electron chi connectivity index (χ2n) is 7.45. The van der Waals surface area contributed by atoms with Crippen molar-refractivity contribution in [3.05, 3.63) is 106 Å². The average molecular weight is 482 g/mol. The van der Waals surface area contributed by atoms with Gasteiger partial charge in [-0.25, -0.2) is 4.98 Å². The van der Waals surface area contributed by atoms with Crippen molar-refractivity contribution in [3.8, 4) is 11.4 Å². The smallest absolute Gasteiger partial charge is 0.266 e. The van der Waals surface area contributed by atoms with E-state index in [1.807, 2.05) is 60.7 Å². The van der Waals surface area contributed by atoms with E-state index in [2.05, 4.69) is 20.5 Å². The molecule has 9 heteroatoms. The monoisotopic (exact) mass is 481 g/mol. The molecule has 8 nitrogen and oxygen atoms in total. The maximum atomic E-state index is 13.2. The Hall–Kier alpha value is -4.50. The van der Waals surface area contributed by atoms with Crippen molar-refractivity contribution in [1.82, 2.24) is 14.9 Å². The van der Waals surface area contributed by atoms with Crippen LogP contribution in [0.3, 0.4) is 0 Å². The minimum absolute atomic E-state index is 0.204. The fraction of sp³-hybridized carbons (Fsp3) is 0.0385. The van der Waals surface area contributed by atoms with Crippen LogP contribution in [-0.2, 0) is 4.79 Å². The van der Waals surface area contributed by atoms with E-state index in [9.17, 15) is 9.59 Å². The number of carbonyl (C=O) groups is 1. The number of aromatic nitrogens is 2. The van der Waals surface area contributed by atoms with Gasteiger partial charge in [-0.1, -0.05) is 42.5 Å². The van der Waals surface area contributed by atoms with Crippen molar-refractivity contribution >= 4 is 46.0 Å². The molecular weight excluding hydrogens is 462 g/mol. The molecule has 0 aliphatic carbocycles. The summed E-state index contributed by atoms with van der Waals surface area (Å²) in [6, 6.07) is 23.7. The molecule has 1 saturated heterocycles. The lowest BCUT2D eigenvalue weighted by molar-refractivity contribution is -0.115. The molecule has 3 aromatic carbocycles. The molecule has 0 bridgehead atoms. The second kappa shape index (κ2) is 9.78. The molecule has 172 valence electrons. The van der Waals surface area contributed by atoms with Crippen molar-refractivity contribution in [2.75, 3.05) is 7.11 Å². The first-order valence-corrected chi connectivity index (χ1v) is 11.5. The Kier molecular flexibility index (Phi) is 6.23. The first-order chi connectivity index (χ1) is 17.1. The molecule has 1 N–H and O–H groups in total. The highest BCUT2D eigenvalue weighted by Gasteiger charge is 2.23. The summed E-state index contributed by atoms with van der Waals surface area (Å²) in [4.78, 5) is 30.7.